The Morgan fingerprint density at radius 3 is 2.60 bits per heavy atom. The number of nitrogens with zero attached hydrogens (tertiary/aromatic N) is 2. The molecule has 2 fully saturated rings. The number of carbonyl (C=O) groups excluding carboxylic acids is 2. The number of carbonyl (C=O) groups is 2. The number of amides is 2. The Labute approximate surface area is 147 Å². The molecule has 7 nitrogen and oxygen atoms in total. The van der Waals surface area contributed by atoms with Crippen LogP contribution in [0.4, 0.5) is 0 Å². The third-order valence-corrected chi connectivity index (χ3v) is 6.65. The Balaban J connectivity index is 1.66. The molecule has 2 amide bonds. The van der Waals surface area contributed by atoms with Crippen molar-refractivity contribution in [2.24, 2.45) is 5.92 Å². The van der Waals surface area contributed by atoms with Gasteiger partial charge in [-0.15, -0.1) is 0 Å². The minimum atomic E-state index is -3.06. The van der Waals surface area contributed by atoms with Crippen LogP contribution >= 0.6 is 0 Å². The Morgan fingerprint density at radius 1 is 1.24 bits per heavy atom. The highest BCUT2D eigenvalue weighted by Gasteiger charge is 2.29. The quantitative estimate of drug-likeness (QED) is 0.857. The van der Waals surface area contributed by atoms with Crippen molar-refractivity contribution >= 4 is 21.7 Å². The molecule has 0 saturated carbocycles. The first kappa shape index (κ1) is 17.8. The first-order valence-corrected chi connectivity index (χ1v) is 10.4. The summed E-state index contributed by atoms with van der Waals surface area (Å²) in [5, 5.41) is 2.70. The van der Waals surface area contributed by atoms with E-state index in [0.717, 1.165) is 25.9 Å². The van der Waals surface area contributed by atoms with Crippen LogP contribution in [0.2, 0.25) is 0 Å². The number of likely N-dealkylation sites (tertiary alicyclic amines) is 1. The Morgan fingerprint density at radius 2 is 1.96 bits per heavy atom. The van der Waals surface area contributed by atoms with E-state index in [1.165, 1.54) is 12.3 Å². The average molecular weight is 365 g/mol. The summed E-state index contributed by atoms with van der Waals surface area (Å²) in [7, 11) is -3.06. The zero-order chi connectivity index (χ0) is 18.0. The molecule has 1 N–H and O–H groups in total. The van der Waals surface area contributed by atoms with Gasteiger partial charge in [-0.2, -0.15) is 0 Å². The van der Waals surface area contributed by atoms with Gasteiger partial charge >= 0.3 is 0 Å². The van der Waals surface area contributed by atoms with Crippen LogP contribution in [0.25, 0.3) is 0 Å². The van der Waals surface area contributed by atoms with Crippen LogP contribution < -0.4 is 5.32 Å². The van der Waals surface area contributed by atoms with E-state index in [2.05, 4.69) is 17.2 Å². The van der Waals surface area contributed by atoms with Crippen molar-refractivity contribution in [3.05, 3.63) is 29.6 Å². The maximum Gasteiger partial charge on any atom is 0.270 e. The Bertz CT molecular complexity index is 770. The first-order valence-electron chi connectivity index (χ1n) is 8.61. The third-order valence-electron chi connectivity index (χ3n) is 4.88. The summed E-state index contributed by atoms with van der Waals surface area (Å²) in [5.74, 6) is 0.155. The van der Waals surface area contributed by atoms with E-state index in [4.69, 9.17) is 0 Å². The molecule has 3 heterocycles. The van der Waals surface area contributed by atoms with Crippen molar-refractivity contribution in [3.8, 4) is 0 Å². The topological polar surface area (TPSA) is 96.4 Å². The monoisotopic (exact) mass is 365 g/mol. The maximum absolute atomic E-state index is 12.6. The molecule has 3 rings (SSSR count). The Kier molecular flexibility index (Phi) is 5.08. The molecule has 0 radical (unpaired) electrons. The van der Waals surface area contributed by atoms with Gasteiger partial charge in [-0.25, -0.2) is 8.42 Å². The maximum atomic E-state index is 12.6. The van der Waals surface area contributed by atoms with E-state index in [1.807, 2.05) is 0 Å². The van der Waals surface area contributed by atoms with E-state index >= 15 is 0 Å². The molecule has 2 aliphatic rings. The molecule has 1 aromatic rings. The summed E-state index contributed by atoms with van der Waals surface area (Å²) >= 11 is 0. The summed E-state index contributed by atoms with van der Waals surface area (Å²) in [6, 6.07) is 2.71. The molecular formula is C17H23N3O4S. The second-order valence-corrected chi connectivity index (χ2v) is 9.21. The lowest BCUT2D eigenvalue weighted by Crippen LogP contribution is -2.38. The van der Waals surface area contributed by atoms with Crippen molar-refractivity contribution in [3.63, 3.8) is 0 Å². The molecule has 0 aliphatic carbocycles. The Hall–Kier alpha value is -1.96. The highest BCUT2D eigenvalue weighted by Crippen LogP contribution is 2.18. The fourth-order valence-electron chi connectivity index (χ4n) is 3.25. The molecule has 1 aromatic heterocycles. The van der Waals surface area contributed by atoms with E-state index in [0.29, 0.717) is 17.9 Å². The van der Waals surface area contributed by atoms with Crippen molar-refractivity contribution < 1.29 is 18.0 Å². The van der Waals surface area contributed by atoms with Crippen molar-refractivity contribution in [1.82, 2.24) is 15.2 Å². The number of nitrogens with one attached hydrogen (secondary N) is 1. The van der Waals surface area contributed by atoms with Crippen molar-refractivity contribution in [1.29, 1.82) is 0 Å². The van der Waals surface area contributed by atoms with Crippen LogP contribution in [-0.4, -0.2) is 60.8 Å². The second-order valence-electron chi connectivity index (χ2n) is 6.98. The molecule has 2 aliphatic heterocycles. The lowest BCUT2D eigenvalue weighted by atomic mass is 9.98. The van der Waals surface area contributed by atoms with Crippen LogP contribution in [0.15, 0.2) is 18.3 Å². The lowest BCUT2D eigenvalue weighted by molar-refractivity contribution is 0.0697. The molecule has 0 bridgehead atoms. The standard InChI is InChI=1S/C17H23N3O4S/c1-12-3-7-20(8-4-12)17(22)13-2-6-18-15(10-13)16(21)19-14-5-9-25(23,24)11-14/h2,6,10,12,14H,3-5,7-9,11H2,1H3,(H,19,21). The van der Waals surface area contributed by atoms with Gasteiger partial charge in [-0.1, -0.05) is 6.92 Å². The fourth-order valence-corrected chi connectivity index (χ4v) is 4.92. The summed E-state index contributed by atoms with van der Waals surface area (Å²) in [4.78, 5) is 30.7. The molecule has 2 saturated heterocycles. The highest BCUT2D eigenvalue weighted by atomic mass is 32.2. The molecule has 8 heteroatoms. The number of aromatic nitrogens is 1. The molecule has 0 spiro atoms. The number of hydrogen-bond donors (Lipinski definition) is 1. The van der Waals surface area contributed by atoms with Crippen molar-refractivity contribution in [2.75, 3.05) is 24.6 Å². The fraction of sp³-hybridized carbons (Fsp3) is 0.588. The van der Waals surface area contributed by atoms with E-state index in [1.54, 1.807) is 11.0 Å². The predicted molar refractivity (Wildman–Crippen MR) is 93.1 cm³/mol. The molecule has 0 aromatic carbocycles. The highest BCUT2D eigenvalue weighted by molar-refractivity contribution is 7.91. The second kappa shape index (κ2) is 7.11. The van der Waals surface area contributed by atoms with Gasteiger partial charge in [-0.05, 0) is 37.3 Å². The first-order chi connectivity index (χ1) is 11.8. The predicted octanol–water partition coefficient (Wildman–Crippen LogP) is 0.871. The normalized spacial score (nSPS) is 23.4. The zero-order valence-electron chi connectivity index (χ0n) is 14.3. The number of rotatable bonds is 3. The third kappa shape index (κ3) is 4.36. The minimum absolute atomic E-state index is 0.0384. The molecule has 1 unspecified atom stereocenters. The number of piperidine rings is 1. The van der Waals surface area contributed by atoms with E-state index in [9.17, 15) is 18.0 Å². The smallest absolute Gasteiger partial charge is 0.270 e. The minimum Gasteiger partial charge on any atom is -0.347 e. The summed E-state index contributed by atoms with van der Waals surface area (Å²) in [5.41, 5.74) is 0.578. The zero-order valence-corrected chi connectivity index (χ0v) is 15.1. The van der Waals surface area contributed by atoms with Crippen LogP contribution in [0, 0.1) is 5.92 Å². The number of sulfone groups is 1. The van der Waals surface area contributed by atoms with Gasteiger partial charge in [-0.3, -0.25) is 14.6 Å². The van der Waals surface area contributed by atoms with Crippen LogP contribution in [0.3, 0.4) is 0 Å². The summed E-state index contributed by atoms with van der Waals surface area (Å²) < 4.78 is 23.0. The van der Waals surface area contributed by atoms with Crippen LogP contribution in [-0.2, 0) is 9.84 Å². The van der Waals surface area contributed by atoms with Gasteiger partial charge in [0.15, 0.2) is 9.84 Å². The van der Waals surface area contributed by atoms with Gasteiger partial charge in [0.1, 0.15) is 5.69 Å². The van der Waals surface area contributed by atoms with Gasteiger partial charge in [0.2, 0.25) is 0 Å². The van der Waals surface area contributed by atoms with Gasteiger partial charge < -0.3 is 10.2 Å². The van der Waals surface area contributed by atoms with Crippen molar-refractivity contribution in [2.45, 2.75) is 32.2 Å². The van der Waals surface area contributed by atoms with Gasteiger partial charge in [0.05, 0.1) is 11.5 Å². The van der Waals surface area contributed by atoms with Gasteiger partial charge in [0, 0.05) is 30.9 Å². The van der Waals surface area contributed by atoms with Crippen LogP contribution in [0.5, 0.6) is 0 Å². The van der Waals surface area contributed by atoms with Crippen LogP contribution in [0.1, 0.15) is 47.0 Å². The largest absolute Gasteiger partial charge is 0.347 e. The average Bonchev–Trinajstić information content (AvgIpc) is 2.93. The number of hydrogen-bond acceptors (Lipinski definition) is 5. The lowest BCUT2D eigenvalue weighted by Gasteiger charge is -2.30. The van der Waals surface area contributed by atoms with E-state index < -0.39 is 15.7 Å². The molecular weight excluding hydrogens is 342 g/mol. The van der Waals surface area contributed by atoms with Gasteiger partial charge in [0.25, 0.3) is 11.8 Å². The SMILES string of the molecule is CC1CCN(C(=O)c2ccnc(C(=O)NC3CCS(=O)(=O)C3)c2)CC1. The molecule has 136 valence electrons. The van der Waals surface area contributed by atoms with E-state index in [-0.39, 0.29) is 29.1 Å². The summed E-state index contributed by atoms with van der Waals surface area (Å²) in [6.07, 6.45) is 3.83. The molecule has 1 atom stereocenters. The number of pyridine rings is 1. The molecule has 25 heavy (non-hydrogen) atoms. The summed E-state index contributed by atoms with van der Waals surface area (Å²) in [6.45, 7) is 3.63.